The van der Waals surface area contributed by atoms with Gasteiger partial charge in [-0.1, -0.05) is 80.7 Å². The Hall–Kier alpha value is -2.25. The lowest BCUT2D eigenvalue weighted by Gasteiger charge is -2.38. The third-order valence-corrected chi connectivity index (χ3v) is 5.81. The molecule has 7 unspecified atom stereocenters. The van der Waals surface area contributed by atoms with Crippen LogP contribution in [0, 0.1) is 11.8 Å². The fourth-order valence-corrected chi connectivity index (χ4v) is 3.65. The highest BCUT2D eigenvalue weighted by molar-refractivity contribution is 5.87. The first-order chi connectivity index (χ1) is 15.9. The number of aliphatic hydroxyl groups is 1. The molecule has 0 aromatic rings. The number of nitrogens with one attached hydrogen (secondary N) is 1. The van der Waals surface area contributed by atoms with Gasteiger partial charge >= 0.3 is 0 Å². The molecule has 0 saturated carbocycles. The molecule has 0 aliphatic carbocycles. The number of carbonyl (C=O) groups is 1. The summed E-state index contributed by atoms with van der Waals surface area (Å²) in [4.78, 5) is 11.9. The molecule has 33 heavy (non-hydrogen) atoms. The monoisotopic (exact) mass is 456 g/mol. The van der Waals surface area contributed by atoms with Crippen molar-refractivity contribution in [1.29, 1.82) is 0 Å². The first-order valence-electron chi connectivity index (χ1n) is 11.9. The van der Waals surface area contributed by atoms with E-state index in [4.69, 9.17) is 15.2 Å². The van der Waals surface area contributed by atoms with Gasteiger partial charge in [0, 0.05) is 25.1 Å². The summed E-state index contributed by atoms with van der Waals surface area (Å²) in [5.74, 6) is 0.399. The molecule has 1 saturated heterocycles. The zero-order chi connectivity index (χ0) is 24.1. The van der Waals surface area contributed by atoms with Crippen molar-refractivity contribution in [3.8, 4) is 0 Å². The highest BCUT2D eigenvalue weighted by Gasteiger charge is 2.35. The molecule has 2 aliphatic heterocycles. The van der Waals surface area contributed by atoms with Crippen molar-refractivity contribution in [2.45, 2.75) is 70.7 Å². The first-order valence-corrected chi connectivity index (χ1v) is 11.9. The normalized spacial score (nSPS) is 40.6. The minimum atomic E-state index is -0.673. The van der Waals surface area contributed by atoms with Gasteiger partial charge in [-0.05, 0) is 31.6 Å². The molecule has 4 N–H and O–H groups in total. The number of ether oxygens (including phenoxy) is 2. The average molecular weight is 457 g/mol. The Morgan fingerprint density at radius 2 is 1.67 bits per heavy atom. The van der Waals surface area contributed by atoms with E-state index in [0.29, 0.717) is 19.4 Å². The third-order valence-electron chi connectivity index (χ3n) is 5.81. The van der Waals surface area contributed by atoms with Gasteiger partial charge < -0.3 is 25.6 Å². The Bertz CT molecular complexity index is 756. The van der Waals surface area contributed by atoms with Crippen molar-refractivity contribution in [3.63, 3.8) is 0 Å². The Kier molecular flexibility index (Phi) is 12.1. The van der Waals surface area contributed by atoms with Gasteiger partial charge in [-0.15, -0.1) is 0 Å². The zero-order valence-electron chi connectivity index (χ0n) is 20.0. The smallest absolute Gasteiger partial charge is 0.243 e. The maximum Gasteiger partial charge on any atom is 0.243 e. The minimum Gasteiger partial charge on any atom is -0.389 e. The van der Waals surface area contributed by atoms with Crippen molar-refractivity contribution in [1.82, 2.24) is 5.32 Å². The van der Waals surface area contributed by atoms with Gasteiger partial charge in [0.25, 0.3) is 0 Å². The number of amides is 1. The molecule has 2 heterocycles. The quantitative estimate of drug-likeness (QED) is 0.589. The molecule has 1 amide bonds. The molecule has 182 valence electrons. The molecule has 1 fully saturated rings. The van der Waals surface area contributed by atoms with Gasteiger partial charge in [0.2, 0.25) is 5.91 Å². The van der Waals surface area contributed by atoms with Gasteiger partial charge in [0.1, 0.15) is 0 Å². The number of nitrogens with two attached hydrogens (primary N) is 1. The molecule has 0 radical (unpaired) electrons. The van der Waals surface area contributed by atoms with Crippen molar-refractivity contribution >= 4 is 5.91 Å². The molecule has 2 aliphatic rings. The van der Waals surface area contributed by atoms with Crippen molar-refractivity contribution in [2.75, 3.05) is 6.54 Å². The van der Waals surface area contributed by atoms with E-state index in [0.717, 1.165) is 6.42 Å². The Morgan fingerprint density at radius 3 is 2.39 bits per heavy atom. The molecule has 0 bridgehead atoms. The Labute approximate surface area is 198 Å². The second kappa shape index (κ2) is 14.8. The molecule has 2 rings (SSSR count). The van der Waals surface area contributed by atoms with Crippen LogP contribution in [0.2, 0.25) is 0 Å². The second-order valence-corrected chi connectivity index (χ2v) is 8.88. The van der Waals surface area contributed by atoms with Crippen LogP contribution in [-0.2, 0) is 14.3 Å². The largest absolute Gasteiger partial charge is 0.389 e. The van der Waals surface area contributed by atoms with Gasteiger partial charge in [-0.2, -0.15) is 0 Å². The summed E-state index contributed by atoms with van der Waals surface area (Å²) in [6, 6.07) is -0.357. The van der Waals surface area contributed by atoms with Crippen LogP contribution in [0.25, 0.3) is 0 Å². The molecular formula is C27H40N2O4. The van der Waals surface area contributed by atoms with Crippen LogP contribution in [0.5, 0.6) is 0 Å². The average Bonchev–Trinajstić information content (AvgIpc) is 2.78. The zero-order valence-corrected chi connectivity index (χ0v) is 20.0. The molecule has 0 aromatic heterocycles. The number of aliphatic hydroxyl groups excluding tert-OH is 1. The SMILES string of the molecule is CC1/C=C/C=C\C=C\CC(C)C(OC2CC(N)C(O)C(C)O2)C\C=C/C=C/C=C\C(=O)NC1. The summed E-state index contributed by atoms with van der Waals surface area (Å²) < 4.78 is 12.2. The fourth-order valence-electron chi connectivity index (χ4n) is 3.65. The fraction of sp³-hybridized carbons (Fsp3) is 0.519. The van der Waals surface area contributed by atoms with Crippen LogP contribution in [0.1, 0.15) is 40.0 Å². The highest BCUT2D eigenvalue weighted by Crippen LogP contribution is 2.25. The van der Waals surface area contributed by atoms with Crippen LogP contribution < -0.4 is 11.1 Å². The van der Waals surface area contributed by atoms with Gasteiger partial charge in [-0.3, -0.25) is 4.79 Å². The lowest BCUT2D eigenvalue weighted by molar-refractivity contribution is -0.244. The van der Waals surface area contributed by atoms with Crippen LogP contribution >= 0.6 is 0 Å². The molecular weight excluding hydrogens is 416 g/mol. The van der Waals surface area contributed by atoms with Gasteiger partial charge in [0.15, 0.2) is 6.29 Å². The summed E-state index contributed by atoms with van der Waals surface area (Å²) in [5.41, 5.74) is 6.07. The molecule has 7 atom stereocenters. The lowest BCUT2D eigenvalue weighted by atomic mass is 9.96. The van der Waals surface area contributed by atoms with Crippen LogP contribution in [0.4, 0.5) is 0 Å². The van der Waals surface area contributed by atoms with Gasteiger partial charge in [0.05, 0.1) is 18.3 Å². The Balaban J connectivity index is 2.08. The molecule has 0 spiro atoms. The standard InChI is InChI=1S/C27H40N2O4/c1-20-14-10-6-4-7-11-15-21(2)24(33-26-18-23(28)27(31)22(3)32-26)16-12-8-5-9-13-17-25(30)29-19-20/h4-14,17,20-24,26-27,31H,15-16,18-19,28H2,1-3H3,(H,29,30)/b6-4-,9-5+,11-7+,12-8-,14-10+,17-13-. The molecule has 6 heteroatoms. The number of hydrogen-bond acceptors (Lipinski definition) is 5. The van der Waals surface area contributed by atoms with Crippen LogP contribution in [-0.4, -0.2) is 48.2 Å². The number of rotatable bonds is 2. The summed E-state index contributed by atoms with van der Waals surface area (Å²) in [5, 5.41) is 12.9. The summed E-state index contributed by atoms with van der Waals surface area (Å²) in [7, 11) is 0. The summed E-state index contributed by atoms with van der Waals surface area (Å²) >= 11 is 0. The second-order valence-electron chi connectivity index (χ2n) is 8.88. The summed E-state index contributed by atoms with van der Waals surface area (Å²) in [6.45, 7) is 6.64. The van der Waals surface area contributed by atoms with E-state index in [1.165, 1.54) is 6.08 Å². The topological polar surface area (TPSA) is 93.8 Å². The van der Waals surface area contributed by atoms with E-state index in [-0.39, 0.29) is 36.0 Å². The van der Waals surface area contributed by atoms with Gasteiger partial charge in [-0.25, -0.2) is 0 Å². The van der Waals surface area contributed by atoms with E-state index in [9.17, 15) is 9.90 Å². The maximum atomic E-state index is 11.9. The predicted molar refractivity (Wildman–Crippen MR) is 133 cm³/mol. The number of allylic oxidation sites excluding steroid dienone is 9. The highest BCUT2D eigenvalue weighted by atomic mass is 16.7. The number of carbonyl (C=O) groups excluding carboxylic acids is 1. The summed E-state index contributed by atoms with van der Waals surface area (Å²) in [6.07, 6.45) is 23.7. The van der Waals surface area contributed by atoms with Crippen LogP contribution in [0.15, 0.2) is 72.9 Å². The lowest BCUT2D eigenvalue weighted by Crippen LogP contribution is -2.52. The van der Waals surface area contributed by atoms with E-state index < -0.39 is 12.4 Å². The van der Waals surface area contributed by atoms with E-state index in [2.05, 4.69) is 37.4 Å². The maximum absolute atomic E-state index is 11.9. The van der Waals surface area contributed by atoms with Crippen LogP contribution in [0.3, 0.4) is 0 Å². The minimum absolute atomic E-state index is 0.0596. The first kappa shape index (κ1) is 27.0. The van der Waals surface area contributed by atoms with E-state index in [1.807, 2.05) is 49.5 Å². The Morgan fingerprint density at radius 1 is 1.00 bits per heavy atom. The third kappa shape index (κ3) is 10.5. The van der Waals surface area contributed by atoms with E-state index in [1.54, 1.807) is 6.08 Å². The molecule has 0 aromatic carbocycles. The predicted octanol–water partition coefficient (Wildman–Crippen LogP) is 3.71. The van der Waals surface area contributed by atoms with Crippen molar-refractivity contribution in [2.24, 2.45) is 17.6 Å². The van der Waals surface area contributed by atoms with Crippen molar-refractivity contribution in [3.05, 3.63) is 72.9 Å². The molecule has 6 nitrogen and oxygen atoms in total. The number of hydrogen-bond donors (Lipinski definition) is 3. The van der Waals surface area contributed by atoms with E-state index >= 15 is 0 Å². The van der Waals surface area contributed by atoms with Crippen molar-refractivity contribution < 1.29 is 19.4 Å².